The van der Waals surface area contributed by atoms with Crippen LogP contribution in [0.3, 0.4) is 0 Å². The Balaban J connectivity index is 1.61. The lowest BCUT2D eigenvalue weighted by atomic mass is 9.97. The Hall–Kier alpha value is -2.19. The summed E-state index contributed by atoms with van der Waals surface area (Å²) in [6.45, 7) is 7.55. The summed E-state index contributed by atoms with van der Waals surface area (Å²) in [7, 11) is 0. The number of aryl methyl sites for hydroxylation is 4. The number of aromatic amines is 1. The number of carbonyl (C=O) groups is 2. The molecule has 0 saturated carbocycles. The molecule has 0 spiro atoms. The Morgan fingerprint density at radius 3 is 2.70 bits per heavy atom. The van der Waals surface area contributed by atoms with Gasteiger partial charge in [-0.1, -0.05) is 11.8 Å². The average Bonchev–Trinajstić information content (AvgIpc) is 3.22. The highest BCUT2D eigenvalue weighted by Crippen LogP contribution is 2.39. The summed E-state index contributed by atoms with van der Waals surface area (Å²) >= 11 is 3.22. The van der Waals surface area contributed by atoms with Crippen LogP contribution in [0.25, 0.3) is 10.2 Å². The summed E-state index contributed by atoms with van der Waals surface area (Å²) < 4.78 is 5.13. The van der Waals surface area contributed by atoms with Gasteiger partial charge in [-0.05, 0) is 64.5 Å². The topological polar surface area (TPSA) is 84.9 Å². The molecule has 0 aliphatic heterocycles. The fourth-order valence-corrected chi connectivity index (χ4v) is 6.42. The van der Waals surface area contributed by atoms with Gasteiger partial charge >= 0.3 is 5.97 Å². The second-order valence-corrected chi connectivity index (χ2v) is 9.57. The first-order valence-corrected chi connectivity index (χ1v) is 12.0. The predicted molar refractivity (Wildman–Crippen MR) is 120 cm³/mol. The number of fused-ring (bicyclic) bond motifs is 3. The van der Waals surface area contributed by atoms with Gasteiger partial charge in [0, 0.05) is 16.0 Å². The maximum Gasteiger partial charge on any atom is 0.340 e. The molecule has 0 aromatic carbocycles. The number of nitrogens with one attached hydrogen (secondary N) is 1. The average molecular weight is 444 g/mol. The van der Waals surface area contributed by atoms with Gasteiger partial charge in [-0.25, -0.2) is 14.8 Å². The molecule has 3 heterocycles. The predicted octanol–water partition coefficient (Wildman–Crippen LogP) is 4.98. The summed E-state index contributed by atoms with van der Waals surface area (Å²) in [5, 5.41) is 2.02. The number of H-pyrrole nitrogens is 1. The van der Waals surface area contributed by atoms with Crippen LogP contribution in [0.2, 0.25) is 0 Å². The highest BCUT2D eigenvalue weighted by molar-refractivity contribution is 8.00. The molecular formula is C22H25N3O3S2. The normalized spacial score (nSPS) is 13.5. The third-order valence-corrected chi connectivity index (χ3v) is 7.59. The minimum atomic E-state index is -0.395. The standard InChI is InChI=1S/C22H25N3O3S2/c1-5-28-22(27)17-11(2)19(23-12(17)3)15(26)10-29-20-18-14-8-6-7-9-16(14)30-21(18)25-13(4)24-20/h23H,5-10H2,1-4H3. The minimum Gasteiger partial charge on any atom is -0.462 e. The molecule has 3 aromatic rings. The van der Waals surface area contributed by atoms with Gasteiger partial charge in [0.05, 0.1) is 23.6 Å². The number of Topliss-reactive ketones (excluding diaryl/α,β-unsaturated/α-hetero) is 1. The molecule has 0 unspecified atom stereocenters. The second-order valence-electron chi connectivity index (χ2n) is 7.52. The van der Waals surface area contributed by atoms with Gasteiger partial charge in [0.2, 0.25) is 0 Å². The Morgan fingerprint density at radius 2 is 1.93 bits per heavy atom. The van der Waals surface area contributed by atoms with E-state index in [-0.39, 0.29) is 11.5 Å². The third-order valence-electron chi connectivity index (χ3n) is 5.43. The Bertz CT molecular complexity index is 1150. The molecule has 4 rings (SSSR count). The van der Waals surface area contributed by atoms with Crippen molar-refractivity contribution in [1.82, 2.24) is 15.0 Å². The third kappa shape index (κ3) is 3.78. The first-order chi connectivity index (χ1) is 14.4. The van der Waals surface area contributed by atoms with E-state index in [1.165, 1.54) is 35.0 Å². The molecule has 0 atom stereocenters. The number of aromatic nitrogens is 3. The number of nitrogens with zero attached hydrogens (tertiary/aromatic N) is 2. The number of carbonyl (C=O) groups excluding carboxylic acids is 2. The summed E-state index contributed by atoms with van der Waals surface area (Å²) in [6, 6.07) is 0. The molecule has 8 heteroatoms. The van der Waals surface area contributed by atoms with Crippen molar-refractivity contribution >= 4 is 45.1 Å². The fourth-order valence-electron chi connectivity index (χ4n) is 4.07. The zero-order chi connectivity index (χ0) is 21.4. The molecular weight excluding hydrogens is 418 g/mol. The first kappa shape index (κ1) is 21.1. The number of ether oxygens (including phenoxy) is 1. The SMILES string of the molecule is CCOC(=O)c1c(C)[nH]c(C(=O)CSc2nc(C)nc3sc4c(c23)CCCC4)c1C. The molecule has 1 aliphatic rings. The Kier molecular flexibility index (Phi) is 5.97. The van der Waals surface area contributed by atoms with E-state index in [4.69, 9.17) is 4.74 Å². The Morgan fingerprint density at radius 1 is 1.17 bits per heavy atom. The van der Waals surface area contributed by atoms with Crippen molar-refractivity contribution in [2.45, 2.75) is 58.4 Å². The molecule has 0 saturated heterocycles. The molecule has 1 aliphatic carbocycles. The highest BCUT2D eigenvalue weighted by atomic mass is 32.2. The fraction of sp³-hybridized carbons (Fsp3) is 0.455. The van der Waals surface area contributed by atoms with E-state index in [1.807, 2.05) is 6.92 Å². The van der Waals surface area contributed by atoms with Gasteiger partial charge in [0.25, 0.3) is 0 Å². The summed E-state index contributed by atoms with van der Waals surface area (Å²) in [4.78, 5) is 40.0. The smallest absolute Gasteiger partial charge is 0.340 e. The van der Waals surface area contributed by atoms with Gasteiger partial charge in [-0.3, -0.25) is 4.79 Å². The second kappa shape index (κ2) is 8.51. The summed E-state index contributed by atoms with van der Waals surface area (Å²) in [5.41, 5.74) is 3.60. The highest BCUT2D eigenvalue weighted by Gasteiger charge is 2.24. The number of hydrogen-bond acceptors (Lipinski definition) is 7. The van der Waals surface area contributed by atoms with Crippen molar-refractivity contribution in [3.8, 4) is 0 Å². The maximum atomic E-state index is 13.0. The van der Waals surface area contributed by atoms with Gasteiger partial charge in [-0.2, -0.15) is 0 Å². The van der Waals surface area contributed by atoms with E-state index in [0.717, 1.165) is 33.9 Å². The number of thioether (sulfide) groups is 1. The molecule has 30 heavy (non-hydrogen) atoms. The molecule has 3 aromatic heterocycles. The van der Waals surface area contributed by atoms with Crippen LogP contribution in [0.4, 0.5) is 0 Å². The molecule has 0 amide bonds. The minimum absolute atomic E-state index is 0.0512. The number of esters is 1. The number of hydrogen-bond donors (Lipinski definition) is 1. The number of ketones is 1. The number of rotatable bonds is 6. The van der Waals surface area contributed by atoms with Crippen LogP contribution in [0, 0.1) is 20.8 Å². The zero-order valence-electron chi connectivity index (χ0n) is 17.7. The van der Waals surface area contributed by atoms with E-state index < -0.39 is 5.97 Å². The van der Waals surface area contributed by atoms with Crippen LogP contribution in [-0.4, -0.2) is 39.1 Å². The molecule has 0 fully saturated rings. The van der Waals surface area contributed by atoms with Crippen LogP contribution in [0.15, 0.2) is 5.03 Å². The van der Waals surface area contributed by atoms with Crippen molar-refractivity contribution in [2.75, 3.05) is 12.4 Å². The lowest BCUT2D eigenvalue weighted by Gasteiger charge is -2.11. The van der Waals surface area contributed by atoms with E-state index in [9.17, 15) is 9.59 Å². The van der Waals surface area contributed by atoms with Gasteiger partial charge in [0.1, 0.15) is 15.7 Å². The van der Waals surface area contributed by atoms with Gasteiger partial charge < -0.3 is 9.72 Å². The van der Waals surface area contributed by atoms with Crippen LogP contribution in [0.5, 0.6) is 0 Å². The van der Waals surface area contributed by atoms with E-state index in [2.05, 4.69) is 15.0 Å². The lowest BCUT2D eigenvalue weighted by Crippen LogP contribution is -2.08. The van der Waals surface area contributed by atoms with Crippen molar-refractivity contribution in [3.05, 3.63) is 38.8 Å². The van der Waals surface area contributed by atoms with Crippen LogP contribution < -0.4 is 0 Å². The lowest BCUT2D eigenvalue weighted by molar-refractivity contribution is 0.0525. The van der Waals surface area contributed by atoms with E-state index >= 15 is 0 Å². The van der Waals surface area contributed by atoms with Crippen LogP contribution in [0.1, 0.15) is 68.1 Å². The molecule has 158 valence electrons. The maximum absolute atomic E-state index is 13.0. The monoisotopic (exact) mass is 443 g/mol. The molecule has 0 radical (unpaired) electrons. The van der Waals surface area contributed by atoms with Crippen molar-refractivity contribution in [2.24, 2.45) is 0 Å². The first-order valence-electron chi connectivity index (χ1n) is 10.2. The Labute approximate surface area is 183 Å². The van der Waals surface area contributed by atoms with Crippen molar-refractivity contribution < 1.29 is 14.3 Å². The van der Waals surface area contributed by atoms with Crippen LogP contribution in [-0.2, 0) is 17.6 Å². The largest absolute Gasteiger partial charge is 0.462 e. The molecule has 1 N–H and O–H groups in total. The van der Waals surface area contributed by atoms with Crippen LogP contribution >= 0.6 is 23.1 Å². The van der Waals surface area contributed by atoms with Gasteiger partial charge in [0.15, 0.2) is 5.78 Å². The van der Waals surface area contributed by atoms with Crippen molar-refractivity contribution in [1.29, 1.82) is 0 Å². The molecule has 6 nitrogen and oxygen atoms in total. The quantitative estimate of drug-likeness (QED) is 0.250. The number of thiophene rings is 1. The van der Waals surface area contributed by atoms with Gasteiger partial charge in [-0.15, -0.1) is 11.3 Å². The summed E-state index contributed by atoms with van der Waals surface area (Å²) in [5.74, 6) is 0.532. The molecule has 0 bridgehead atoms. The summed E-state index contributed by atoms with van der Waals surface area (Å²) in [6.07, 6.45) is 4.58. The van der Waals surface area contributed by atoms with Crippen molar-refractivity contribution in [3.63, 3.8) is 0 Å². The van der Waals surface area contributed by atoms with E-state index in [1.54, 1.807) is 32.1 Å². The van der Waals surface area contributed by atoms with E-state index in [0.29, 0.717) is 29.1 Å². The zero-order valence-corrected chi connectivity index (χ0v) is 19.3.